The lowest BCUT2D eigenvalue weighted by atomic mass is 10.1. The Labute approximate surface area is 172 Å². The van der Waals surface area contributed by atoms with Crippen LogP contribution in [0.4, 0.5) is 10.2 Å². The van der Waals surface area contributed by atoms with E-state index in [1.54, 1.807) is 36.4 Å². The normalized spacial score (nSPS) is 11.6. The summed E-state index contributed by atoms with van der Waals surface area (Å²) in [5.41, 5.74) is 1.78. The zero-order valence-corrected chi connectivity index (χ0v) is 17.0. The van der Waals surface area contributed by atoms with E-state index in [2.05, 4.69) is 15.5 Å². The number of hydrogen-bond donors (Lipinski definition) is 2. The fraction of sp³-hybridized carbons (Fsp3) is 0.158. The molecule has 0 aliphatic rings. The Bertz CT molecular complexity index is 1120. The van der Waals surface area contributed by atoms with Crippen molar-refractivity contribution in [2.75, 3.05) is 18.1 Å². The molecule has 2 N–H and O–H groups in total. The Morgan fingerprint density at radius 1 is 1.21 bits per heavy atom. The maximum Gasteiger partial charge on any atom is 0.240 e. The SMILES string of the molecule is CS(=O)(=O)N(CC(=O)Nc1cc(-c2cccc(F)c2)[nH]n1)Cc1ccc(Cl)cc1. The van der Waals surface area contributed by atoms with E-state index < -0.39 is 21.7 Å². The van der Waals surface area contributed by atoms with E-state index in [1.807, 2.05) is 0 Å². The van der Waals surface area contributed by atoms with Crippen LogP contribution in [0, 0.1) is 5.82 Å². The molecule has 10 heteroatoms. The van der Waals surface area contributed by atoms with Crippen molar-refractivity contribution in [1.29, 1.82) is 0 Å². The molecule has 0 aliphatic carbocycles. The number of aromatic nitrogens is 2. The summed E-state index contributed by atoms with van der Waals surface area (Å²) < 4.78 is 38.5. The van der Waals surface area contributed by atoms with E-state index in [1.165, 1.54) is 18.2 Å². The minimum absolute atomic E-state index is 0.0263. The number of carbonyl (C=O) groups excluding carboxylic acids is 1. The van der Waals surface area contributed by atoms with Crippen LogP contribution < -0.4 is 5.32 Å². The lowest BCUT2D eigenvalue weighted by Crippen LogP contribution is -2.36. The van der Waals surface area contributed by atoms with Crippen LogP contribution in [0.15, 0.2) is 54.6 Å². The molecular formula is C19H18ClFN4O3S. The van der Waals surface area contributed by atoms with Crippen molar-refractivity contribution in [3.05, 3.63) is 71.0 Å². The van der Waals surface area contributed by atoms with Crippen molar-refractivity contribution in [1.82, 2.24) is 14.5 Å². The smallest absolute Gasteiger partial charge is 0.240 e. The Morgan fingerprint density at radius 3 is 2.59 bits per heavy atom. The van der Waals surface area contributed by atoms with Crippen LogP contribution in [0.25, 0.3) is 11.3 Å². The van der Waals surface area contributed by atoms with E-state index in [-0.39, 0.29) is 18.9 Å². The highest BCUT2D eigenvalue weighted by Gasteiger charge is 2.21. The van der Waals surface area contributed by atoms with Crippen molar-refractivity contribution >= 4 is 33.3 Å². The standard InChI is InChI=1S/C19H18ClFN4O3S/c1-29(27,28)25(11-13-5-7-15(20)8-6-13)12-19(26)22-18-10-17(23-24-18)14-3-2-4-16(21)9-14/h2-10H,11-12H2,1H3,(H2,22,23,24,26). The molecular weight excluding hydrogens is 419 g/mol. The molecule has 2 aromatic carbocycles. The van der Waals surface area contributed by atoms with E-state index in [9.17, 15) is 17.6 Å². The fourth-order valence-electron chi connectivity index (χ4n) is 2.62. The maximum atomic E-state index is 13.4. The first-order valence-electron chi connectivity index (χ1n) is 8.51. The molecule has 152 valence electrons. The summed E-state index contributed by atoms with van der Waals surface area (Å²) in [6.07, 6.45) is 1.03. The third-order valence-corrected chi connectivity index (χ3v) is 5.49. The minimum atomic E-state index is -3.63. The molecule has 0 bridgehead atoms. The van der Waals surface area contributed by atoms with Crippen molar-refractivity contribution in [2.24, 2.45) is 0 Å². The van der Waals surface area contributed by atoms with Gasteiger partial charge in [0, 0.05) is 23.2 Å². The number of H-pyrrole nitrogens is 1. The van der Waals surface area contributed by atoms with Gasteiger partial charge in [-0.3, -0.25) is 9.89 Å². The predicted molar refractivity (Wildman–Crippen MR) is 109 cm³/mol. The minimum Gasteiger partial charge on any atom is -0.308 e. The molecule has 0 unspecified atom stereocenters. The summed E-state index contributed by atoms with van der Waals surface area (Å²) in [6.45, 7) is -0.359. The zero-order valence-electron chi connectivity index (χ0n) is 15.4. The number of nitrogens with one attached hydrogen (secondary N) is 2. The highest BCUT2D eigenvalue weighted by Crippen LogP contribution is 2.20. The molecule has 7 nitrogen and oxygen atoms in total. The first-order valence-corrected chi connectivity index (χ1v) is 10.7. The molecule has 0 spiro atoms. The van der Waals surface area contributed by atoms with Gasteiger partial charge in [-0.05, 0) is 29.8 Å². The number of carbonyl (C=O) groups is 1. The number of nitrogens with zero attached hydrogens (tertiary/aromatic N) is 2. The molecule has 3 aromatic rings. The van der Waals surface area contributed by atoms with Gasteiger partial charge in [0.25, 0.3) is 0 Å². The third kappa shape index (κ3) is 5.86. The number of hydrogen-bond acceptors (Lipinski definition) is 4. The number of halogens is 2. The summed E-state index contributed by atoms with van der Waals surface area (Å²) in [5, 5.41) is 9.75. The van der Waals surface area contributed by atoms with Crippen LogP contribution in [-0.2, 0) is 21.4 Å². The third-order valence-electron chi connectivity index (χ3n) is 4.04. The highest BCUT2D eigenvalue weighted by atomic mass is 35.5. The average Bonchev–Trinajstić information content (AvgIpc) is 3.10. The van der Waals surface area contributed by atoms with Crippen molar-refractivity contribution in [3.8, 4) is 11.3 Å². The summed E-state index contributed by atoms with van der Waals surface area (Å²) in [6, 6.07) is 14.1. The van der Waals surface area contributed by atoms with E-state index >= 15 is 0 Å². The van der Waals surface area contributed by atoms with Gasteiger partial charge in [0.2, 0.25) is 15.9 Å². The molecule has 29 heavy (non-hydrogen) atoms. The second-order valence-electron chi connectivity index (χ2n) is 6.38. The van der Waals surface area contributed by atoms with Gasteiger partial charge in [0.05, 0.1) is 18.5 Å². The average molecular weight is 437 g/mol. The van der Waals surface area contributed by atoms with Crippen molar-refractivity contribution in [3.63, 3.8) is 0 Å². The number of rotatable bonds is 7. The molecule has 1 aromatic heterocycles. The van der Waals surface area contributed by atoms with Gasteiger partial charge in [-0.15, -0.1) is 0 Å². The van der Waals surface area contributed by atoms with Crippen LogP contribution in [0.3, 0.4) is 0 Å². The number of aromatic amines is 1. The summed E-state index contributed by atoms with van der Waals surface area (Å²) in [5.74, 6) is -0.746. The summed E-state index contributed by atoms with van der Waals surface area (Å²) in [7, 11) is -3.63. The van der Waals surface area contributed by atoms with Gasteiger partial charge in [0.1, 0.15) is 5.82 Å². The molecule has 0 saturated carbocycles. The fourth-order valence-corrected chi connectivity index (χ4v) is 3.48. The largest absolute Gasteiger partial charge is 0.308 e. The second-order valence-corrected chi connectivity index (χ2v) is 8.80. The number of amides is 1. The predicted octanol–water partition coefficient (Wildman–Crippen LogP) is 3.27. The highest BCUT2D eigenvalue weighted by molar-refractivity contribution is 7.88. The Kier molecular flexibility index (Phi) is 6.31. The summed E-state index contributed by atoms with van der Waals surface area (Å²) >= 11 is 5.84. The Morgan fingerprint density at radius 2 is 1.93 bits per heavy atom. The van der Waals surface area contributed by atoms with Gasteiger partial charge < -0.3 is 5.32 Å². The number of anilines is 1. The van der Waals surface area contributed by atoms with Gasteiger partial charge in [-0.25, -0.2) is 12.8 Å². The molecule has 0 aliphatic heterocycles. The van der Waals surface area contributed by atoms with Crippen molar-refractivity contribution in [2.45, 2.75) is 6.54 Å². The first kappa shape index (κ1) is 21.0. The summed E-state index contributed by atoms with van der Waals surface area (Å²) in [4.78, 5) is 12.4. The van der Waals surface area contributed by atoms with Crippen LogP contribution >= 0.6 is 11.6 Å². The number of sulfonamides is 1. The second kappa shape index (κ2) is 8.73. The molecule has 1 amide bonds. The maximum absolute atomic E-state index is 13.4. The van der Waals surface area contributed by atoms with Gasteiger partial charge in [-0.2, -0.15) is 9.40 Å². The molecule has 1 heterocycles. The van der Waals surface area contributed by atoms with E-state index in [0.717, 1.165) is 10.6 Å². The van der Waals surface area contributed by atoms with Crippen molar-refractivity contribution < 1.29 is 17.6 Å². The molecule has 0 fully saturated rings. The molecule has 0 atom stereocenters. The van der Waals surface area contributed by atoms with Gasteiger partial charge in [-0.1, -0.05) is 35.9 Å². The number of benzene rings is 2. The molecule has 3 rings (SSSR count). The van der Waals surface area contributed by atoms with Crippen LogP contribution in [0.2, 0.25) is 5.02 Å². The van der Waals surface area contributed by atoms with Gasteiger partial charge >= 0.3 is 0 Å². The Hall–Kier alpha value is -2.75. The lowest BCUT2D eigenvalue weighted by Gasteiger charge is -2.19. The topological polar surface area (TPSA) is 95.2 Å². The van der Waals surface area contributed by atoms with E-state index in [4.69, 9.17) is 11.6 Å². The van der Waals surface area contributed by atoms with E-state index in [0.29, 0.717) is 21.8 Å². The molecule has 0 radical (unpaired) electrons. The monoisotopic (exact) mass is 436 g/mol. The quantitative estimate of drug-likeness (QED) is 0.594. The molecule has 0 saturated heterocycles. The van der Waals surface area contributed by atoms with Crippen LogP contribution in [-0.4, -0.2) is 41.6 Å². The Balaban J connectivity index is 1.68. The first-order chi connectivity index (χ1) is 13.7. The van der Waals surface area contributed by atoms with Gasteiger partial charge in [0.15, 0.2) is 5.82 Å². The zero-order chi connectivity index (χ0) is 21.0. The lowest BCUT2D eigenvalue weighted by molar-refractivity contribution is -0.116. The van der Waals surface area contributed by atoms with Crippen LogP contribution in [0.5, 0.6) is 0 Å². The van der Waals surface area contributed by atoms with Crippen LogP contribution in [0.1, 0.15) is 5.56 Å².